The van der Waals surface area contributed by atoms with Gasteiger partial charge in [0, 0.05) is 6.42 Å². The Morgan fingerprint density at radius 1 is 1.09 bits per heavy atom. The molecule has 116 valence electrons. The Hall–Kier alpha value is -2.88. The van der Waals surface area contributed by atoms with E-state index in [0.29, 0.717) is 24.6 Å². The van der Waals surface area contributed by atoms with Crippen molar-refractivity contribution in [3.8, 4) is 5.75 Å². The van der Waals surface area contributed by atoms with Gasteiger partial charge in [-0.25, -0.2) is 4.99 Å². The zero-order chi connectivity index (χ0) is 16.1. The number of amidine groups is 1. The van der Waals surface area contributed by atoms with Gasteiger partial charge in [0.1, 0.15) is 17.3 Å². The van der Waals surface area contributed by atoms with Crippen LogP contribution in [-0.4, -0.2) is 18.3 Å². The number of ether oxygens (including phenoxy) is 1. The lowest BCUT2D eigenvalue weighted by atomic mass is 10.1. The third-order valence-electron chi connectivity index (χ3n) is 3.45. The monoisotopic (exact) mass is 306 g/mol. The first kappa shape index (κ1) is 15.0. The van der Waals surface area contributed by atoms with Crippen molar-refractivity contribution in [2.75, 3.05) is 6.61 Å². The average Bonchev–Trinajstić information content (AvgIpc) is 2.90. The molecule has 1 aliphatic heterocycles. The number of hydrogen-bond donors (Lipinski definition) is 1. The van der Waals surface area contributed by atoms with Crippen molar-refractivity contribution < 1.29 is 9.53 Å². The second-order valence-electron chi connectivity index (χ2n) is 5.21. The summed E-state index contributed by atoms with van der Waals surface area (Å²) in [6.07, 6.45) is 2.40. The molecule has 0 saturated carbocycles. The molecule has 0 atom stereocenters. The summed E-state index contributed by atoms with van der Waals surface area (Å²) < 4.78 is 5.41. The summed E-state index contributed by atoms with van der Waals surface area (Å²) in [4.78, 5) is 16.4. The Morgan fingerprint density at radius 2 is 1.83 bits per heavy atom. The maximum atomic E-state index is 12.0. The van der Waals surface area contributed by atoms with Gasteiger partial charge in [-0.2, -0.15) is 0 Å². The summed E-state index contributed by atoms with van der Waals surface area (Å²) in [6, 6.07) is 17.6. The molecule has 3 rings (SSSR count). The average molecular weight is 306 g/mol. The molecule has 0 radical (unpaired) electrons. The fraction of sp³-hybridized carbons (Fsp3) is 0.158. The number of rotatable bonds is 5. The highest BCUT2D eigenvalue weighted by Crippen LogP contribution is 2.17. The van der Waals surface area contributed by atoms with E-state index in [1.54, 1.807) is 6.08 Å². The number of nitrogens with one attached hydrogen (secondary N) is 1. The van der Waals surface area contributed by atoms with Crippen molar-refractivity contribution in [2.24, 2.45) is 4.99 Å². The van der Waals surface area contributed by atoms with Crippen molar-refractivity contribution in [1.82, 2.24) is 5.32 Å². The van der Waals surface area contributed by atoms with Crippen molar-refractivity contribution in [2.45, 2.75) is 13.3 Å². The minimum atomic E-state index is -0.162. The van der Waals surface area contributed by atoms with Gasteiger partial charge in [0.2, 0.25) is 0 Å². The SMILES string of the molecule is CCOc1ccc(/C=C2/N=C(Cc3ccccc3)NC2=O)cc1. The summed E-state index contributed by atoms with van der Waals surface area (Å²) in [6.45, 7) is 2.58. The standard InChI is InChI=1S/C19H18N2O2/c1-2-23-16-10-8-15(9-11-16)12-17-19(22)21-18(20-17)13-14-6-4-3-5-7-14/h3-12H,2,13H2,1H3,(H,20,21,22)/b17-12+. The van der Waals surface area contributed by atoms with Gasteiger partial charge in [0.25, 0.3) is 5.91 Å². The molecule has 23 heavy (non-hydrogen) atoms. The largest absolute Gasteiger partial charge is 0.494 e. The molecule has 0 bridgehead atoms. The Labute approximate surface area is 135 Å². The van der Waals surface area contributed by atoms with Crippen molar-refractivity contribution >= 4 is 17.8 Å². The van der Waals surface area contributed by atoms with Gasteiger partial charge in [-0.3, -0.25) is 4.79 Å². The van der Waals surface area contributed by atoms with Crippen LogP contribution in [-0.2, 0) is 11.2 Å². The van der Waals surface area contributed by atoms with Gasteiger partial charge in [-0.15, -0.1) is 0 Å². The van der Waals surface area contributed by atoms with E-state index in [1.165, 1.54) is 0 Å². The molecule has 4 nitrogen and oxygen atoms in total. The van der Waals surface area contributed by atoms with Gasteiger partial charge in [-0.1, -0.05) is 42.5 Å². The van der Waals surface area contributed by atoms with Crippen molar-refractivity contribution in [1.29, 1.82) is 0 Å². The predicted octanol–water partition coefficient (Wildman–Crippen LogP) is 3.20. The van der Waals surface area contributed by atoms with Crippen molar-refractivity contribution in [3.63, 3.8) is 0 Å². The van der Waals surface area contributed by atoms with E-state index in [-0.39, 0.29) is 5.91 Å². The van der Waals surface area contributed by atoms with Gasteiger partial charge in [0.05, 0.1) is 6.61 Å². The van der Waals surface area contributed by atoms with E-state index in [2.05, 4.69) is 10.3 Å². The molecule has 0 aliphatic carbocycles. The van der Waals surface area contributed by atoms with E-state index >= 15 is 0 Å². The summed E-state index contributed by atoms with van der Waals surface area (Å²) in [7, 11) is 0. The van der Waals surface area contributed by atoms with Gasteiger partial charge < -0.3 is 10.1 Å². The van der Waals surface area contributed by atoms with E-state index in [0.717, 1.165) is 16.9 Å². The molecule has 1 amide bonds. The number of carbonyl (C=O) groups excluding carboxylic acids is 1. The van der Waals surface area contributed by atoms with Crippen LogP contribution in [0.4, 0.5) is 0 Å². The molecular formula is C19H18N2O2. The van der Waals surface area contributed by atoms with Gasteiger partial charge in [0.15, 0.2) is 0 Å². The van der Waals surface area contributed by atoms with Gasteiger partial charge >= 0.3 is 0 Å². The first-order valence-electron chi connectivity index (χ1n) is 7.62. The summed E-state index contributed by atoms with van der Waals surface area (Å²) >= 11 is 0. The number of carbonyl (C=O) groups is 1. The second kappa shape index (κ2) is 6.92. The van der Waals surface area contributed by atoms with Crippen LogP contribution in [0, 0.1) is 0 Å². The predicted molar refractivity (Wildman–Crippen MR) is 91.3 cm³/mol. The molecule has 0 aromatic heterocycles. The van der Waals surface area contributed by atoms with Crippen molar-refractivity contribution in [3.05, 3.63) is 71.4 Å². The highest BCUT2D eigenvalue weighted by molar-refractivity contribution is 6.14. The zero-order valence-corrected chi connectivity index (χ0v) is 13.0. The molecule has 4 heteroatoms. The zero-order valence-electron chi connectivity index (χ0n) is 13.0. The van der Waals surface area contributed by atoms with E-state index in [1.807, 2.05) is 61.5 Å². The van der Waals surface area contributed by atoms with Crippen LogP contribution in [0.5, 0.6) is 5.75 Å². The summed E-state index contributed by atoms with van der Waals surface area (Å²) in [5.41, 5.74) is 2.47. The normalized spacial score (nSPS) is 15.4. The Kier molecular flexibility index (Phi) is 4.52. The third-order valence-corrected chi connectivity index (χ3v) is 3.45. The molecule has 0 spiro atoms. The fourth-order valence-electron chi connectivity index (χ4n) is 2.37. The van der Waals surface area contributed by atoms with E-state index < -0.39 is 0 Å². The number of benzene rings is 2. The molecule has 0 fully saturated rings. The van der Waals surface area contributed by atoms with Gasteiger partial charge in [-0.05, 0) is 36.3 Å². The van der Waals surface area contributed by atoms with Crippen LogP contribution < -0.4 is 10.1 Å². The molecule has 2 aromatic carbocycles. The first-order chi connectivity index (χ1) is 11.2. The quantitative estimate of drug-likeness (QED) is 0.862. The van der Waals surface area contributed by atoms with Crippen LogP contribution in [0.15, 0.2) is 65.3 Å². The summed E-state index contributed by atoms with van der Waals surface area (Å²) in [5, 5.41) is 2.82. The second-order valence-corrected chi connectivity index (χ2v) is 5.21. The van der Waals surface area contributed by atoms with Crippen LogP contribution in [0.25, 0.3) is 6.08 Å². The number of amides is 1. The summed E-state index contributed by atoms with van der Waals surface area (Å²) in [5.74, 6) is 1.34. The van der Waals surface area contributed by atoms with E-state index in [4.69, 9.17) is 4.74 Å². The first-order valence-corrected chi connectivity index (χ1v) is 7.62. The molecule has 1 heterocycles. The smallest absolute Gasteiger partial charge is 0.275 e. The number of nitrogens with zero attached hydrogens (tertiary/aromatic N) is 1. The molecule has 1 aliphatic rings. The minimum absolute atomic E-state index is 0.162. The maximum Gasteiger partial charge on any atom is 0.275 e. The topological polar surface area (TPSA) is 50.7 Å². The van der Waals surface area contributed by atoms with Crippen LogP contribution in [0.2, 0.25) is 0 Å². The Morgan fingerprint density at radius 3 is 2.52 bits per heavy atom. The molecule has 2 aromatic rings. The lowest BCUT2D eigenvalue weighted by molar-refractivity contribution is -0.115. The van der Waals surface area contributed by atoms with Crippen LogP contribution >= 0.6 is 0 Å². The highest BCUT2D eigenvalue weighted by atomic mass is 16.5. The third kappa shape index (κ3) is 3.86. The Balaban J connectivity index is 1.75. The highest BCUT2D eigenvalue weighted by Gasteiger charge is 2.19. The van der Waals surface area contributed by atoms with Crippen LogP contribution in [0.3, 0.4) is 0 Å². The number of hydrogen-bond acceptors (Lipinski definition) is 3. The minimum Gasteiger partial charge on any atom is -0.494 e. The molecule has 0 unspecified atom stereocenters. The molecule has 0 saturated heterocycles. The maximum absolute atomic E-state index is 12.0. The molecular weight excluding hydrogens is 288 g/mol. The molecule has 1 N–H and O–H groups in total. The fourth-order valence-corrected chi connectivity index (χ4v) is 2.37. The van der Waals surface area contributed by atoms with E-state index in [9.17, 15) is 4.79 Å². The number of aliphatic imine (C=N–C) groups is 1. The Bertz CT molecular complexity index is 747. The lowest BCUT2D eigenvalue weighted by Crippen LogP contribution is -2.25. The van der Waals surface area contributed by atoms with Crippen LogP contribution in [0.1, 0.15) is 18.1 Å². The lowest BCUT2D eigenvalue weighted by Gasteiger charge is -2.02.